The first-order valence-corrected chi connectivity index (χ1v) is 9.03. The van der Waals surface area contributed by atoms with Crippen molar-refractivity contribution >= 4 is 28.4 Å². The van der Waals surface area contributed by atoms with E-state index in [1.165, 1.54) is 12.8 Å². The van der Waals surface area contributed by atoms with E-state index in [0.717, 1.165) is 42.5 Å². The van der Waals surface area contributed by atoms with E-state index < -0.39 is 0 Å². The minimum Gasteiger partial charge on any atom is -0.339 e. The van der Waals surface area contributed by atoms with Gasteiger partial charge in [0.2, 0.25) is 5.95 Å². The maximum Gasteiger partial charge on any atom is 0.256 e. The summed E-state index contributed by atoms with van der Waals surface area (Å²) in [5.41, 5.74) is 2.24. The van der Waals surface area contributed by atoms with Crippen LogP contribution in [0.5, 0.6) is 0 Å². The molecule has 6 heteroatoms. The van der Waals surface area contributed by atoms with Crippen LogP contribution in [-0.2, 0) is 0 Å². The molecule has 3 heterocycles. The van der Waals surface area contributed by atoms with Crippen molar-refractivity contribution in [3.63, 3.8) is 0 Å². The maximum absolute atomic E-state index is 12.6. The van der Waals surface area contributed by atoms with E-state index in [1.807, 2.05) is 35.2 Å². The summed E-state index contributed by atoms with van der Waals surface area (Å²) in [5, 5.41) is 4.24. The van der Waals surface area contributed by atoms with E-state index in [0.29, 0.717) is 11.5 Å². The van der Waals surface area contributed by atoms with Crippen LogP contribution in [0.1, 0.15) is 36.0 Å². The van der Waals surface area contributed by atoms with Crippen molar-refractivity contribution in [1.82, 2.24) is 19.9 Å². The number of hydrogen-bond donors (Lipinski definition) is 1. The second kappa shape index (κ2) is 7.47. The number of rotatable bonds is 3. The second-order valence-electron chi connectivity index (χ2n) is 6.51. The molecule has 3 aromatic rings. The Hall–Kier alpha value is -3.02. The van der Waals surface area contributed by atoms with Gasteiger partial charge in [-0.25, -0.2) is 9.97 Å². The molecule has 1 N–H and O–H groups in total. The van der Waals surface area contributed by atoms with Crippen LogP contribution in [0.3, 0.4) is 0 Å². The first kappa shape index (κ1) is 16.4. The van der Waals surface area contributed by atoms with Gasteiger partial charge in [-0.1, -0.05) is 31.0 Å². The fourth-order valence-corrected chi connectivity index (χ4v) is 3.28. The van der Waals surface area contributed by atoms with Gasteiger partial charge in [0, 0.05) is 37.1 Å². The van der Waals surface area contributed by atoms with Gasteiger partial charge in [0.1, 0.15) is 0 Å². The lowest BCUT2D eigenvalue weighted by atomic mass is 10.2. The molecule has 1 aliphatic heterocycles. The van der Waals surface area contributed by atoms with E-state index in [2.05, 4.69) is 20.3 Å². The third-order valence-electron chi connectivity index (χ3n) is 4.67. The van der Waals surface area contributed by atoms with E-state index in [9.17, 15) is 4.79 Å². The molecule has 26 heavy (non-hydrogen) atoms. The molecule has 0 aliphatic carbocycles. The predicted molar refractivity (Wildman–Crippen MR) is 101 cm³/mol. The minimum absolute atomic E-state index is 0.0188. The summed E-state index contributed by atoms with van der Waals surface area (Å²) in [7, 11) is 0. The number of likely N-dealkylation sites (tertiary alicyclic amines) is 1. The number of para-hydroxylation sites is 1. The number of carbonyl (C=O) groups excluding carboxylic acids is 1. The number of hydrogen-bond acceptors (Lipinski definition) is 5. The quantitative estimate of drug-likeness (QED) is 0.780. The number of carbonyl (C=O) groups is 1. The van der Waals surface area contributed by atoms with Crippen LogP contribution in [0.2, 0.25) is 0 Å². The lowest BCUT2D eigenvalue weighted by Crippen LogP contribution is -2.32. The third kappa shape index (κ3) is 3.49. The fourth-order valence-electron chi connectivity index (χ4n) is 3.28. The monoisotopic (exact) mass is 347 g/mol. The van der Waals surface area contributed by atoms with E-state index in [1.54, 1.807) is 18.6 Å². The highest BCUT2D eigenvalue weighted by Gasteiger charge is 2.18. The largest absolute Gasteiger partial charge is 0.339 e. The molecule has 1 fully saturated rings. The zero-order valence-electron chi connectivity index (χ0n) is 14.6. The van der Waals surface area contributed by atoms with Crippen LogP contribution >= 0.6 is 0 Å². The number of benzene rings is 1. The second-order valence-corrected chi connectivity index (χ2v) is 6.51. The molecular formula is C20H21N5O. The molecular weight excluding hydrogens is 326 g/mol. The number of fused-ring (bicyclic) bond motifs is 1. The van der Waals surface area contributed by atoms with Crippen molar-refractivity contribution in [3.8, 4) is 0 Å². The summed E-state index contributed by atoms with van der Waals surface area (Å²) < 4.78 is 0. The normalized spacial score (nSPS) is 14.8. The van der Waals surface area contributed by atoms with Crippen LogP contribution in [0.4, 0.5) is 11.6 Å². The highest BCUT2D eigenvalue weighted by atomic mass is 16.2. The number of nitrogens with one attached hydrogen (secondary N) is 1. The van der Waals surface area contributed by atoms with Crippen LogP contribution < -0.4 is 5.32 Å². The number of nitrogens with zero attached hydrogens (tertiary/aromatic N) is 4. The molecule has 1 amide bonds. The summed E-state index contributed by atoms with van der Waals surface area (Å²) in [5.74, 6) is 0.473. The first-order valence-electron chi connectivity index (χ1n) is 9.03. The lowest BCUT2D eigenvalue weighted by molar-refractivity contribution is 0.0761. The van der Waals surface area contributed by atoms with Gasteiger partial charge in [-0.3, -0.25) is 9.78 Å². The van der Waals surface area contributed by atoms with Crippen molar-refractivity contribution in [3.05, 3.63) is 54.5 Å². The average Bonchev–Trinajstić information content (AvgIpc) is 2.98. The molecule has 0 unspecified atom stereocenters. The molecule has 0 saturated carbocycles. The molecule has 1 aromatic carbocycles. The van der Waals surface area contributed by atoms with Crippen LogP contribution in [0, 0.1) is 0 Å². The summed E-state index contributed by atoms with van der Waals surface area (Å²) in [6, 6.07) is 9.83. The molecule has 1 aliphatic rings. The number of anilines is 2. The standard InChI is InChI=1S/C20H21N5O/c26-19(25-11-3-1-2-4-12-25)16-13-22-20(23-14-16)24-17-9-5-7-15-8-6-10-21-18(15)17/h5-10,13-14H,1-4,11-12H2,(H,22,23,24). The predicted octanol–water partition coefficient (Wildman–Crippen LogP) is 3.78. The van der Waals surface area contributed by atoms with Crippen molar-refractivity contribution in [1.29, 1.82) is 0 Å². The van der Waals surface area contributed by atoms with Gasteiger partial charge in [-0.05, 0) is 25.0 Å². The van der Waals surface area contributed by atoms with Crippen molar-refractivity contribution < 1.29 is 4.79 Å². The molecule has 0 spiro atoms. The fraction of sp³-hybridized carbons (Fsp3) is 0.300. The summed E-state index contributed by atoms with van der Waals surface area (Å²) in [6.45, 7) is 1.64. The average molecular weight is 347 g/mol. The van der Waals surface area contributed by atoms with Gasteiger partial charge in [0.05, 0.1) is 16.8 Å². The third-order valence-corrected chi connectivity index (χ3v) is 4.67. The molecule has 0 bridgehead atoms. The summed E-state index contributed by atoms with van der Waals surface area (Å²) in [4.78, 5) is 27.6. The molecule has 132 valence electrons. The SMILES string of the molecule is O=C(c1cnc(Nc2cccc3cccnc23)nc1)N1CCCCCC1. The zero-order chi connectivity index (χ0) is 17.8. The Morgan fingerprint density at radius 3 is 2.42 bits per heavy atom. The van der Waals surface area contributed by atoms with Gasteiger partial charge in [0.25, 0.3) is 5.91 Å². The Bertz CT molecular complexity index is 896. The van der Waals surface area contributed by atoms with Crippen LogP contribution in [0.15, 0.2) is 48.9 Å². The van der Waals surface area contributed by atoms with Gasteiger partial charge in [0.15, 0.2) is 0 Å². The Kier molecular flexibility index (Phi) is 4.73. The number of amides is 1. The Balaban J connectivity index is 1.51. The smallest absolute Gasteiger partial charge is 0.256 e. The molecule has 1 saturated heterocycles. The lowest BCUT2D eigenvalue weighted by Gasteiger charge is -2.19. The van der Waals surface area contributed by atoms with Crippen LogP contribution in [0.25, 0.3) is 10.9 Å². The van der Waals surface area contributed by atoms with Gasteiger partial charge < -0.3 is 10.2 Å². The van der Waals surface area contributed by atoms with Crippen molar-refractivity contribution in [2.24, 2.45) is 0 Å². The summed E-state index contributed by atoms with van der Waals surface area (Å²) >= 11 is 0. The van der Waals surface area contributed by atoms with Crippen LogP contribution in [-0.4, -0.2) is 38.8 Å². The molecule has 0 radical (unpaired) electrons. The highest BCUT2D eigenvalue weighted by molar-refractivity contribution is 5.94. The van der Waals surface area contributed by atoms with Gasteiger partial charge in [-0.2, -0.15) is 0 Å². The summed E-state index contributed by atoms with van der Waals surface area (Å²) in [6.07, 6.45) is 9.49. The number of pyridine rings is 1. The Morgan fingerprint density at radius 1 is 0.923 bits per heavy atom. The van der Waals surface area contributed by atoms with Gasteiger partial charge in [-0.15, -0.1) is 0 Å². The number of aromatic nitrogens is 3. The minimum atomic E-state index is 0.0188. The highest BCUT2D eigenvalue weighted by Crippen LogP contribution is 2.23. The molecule has 0 atom stereocenters. The van der Waals surface area contributed by atoms with E-state index in [4.69, 9.17) is 0 Å². The maximum atomic E-state index is 12.6. The molecule has 4 rings (SSSR count). The first-order chi connectivity index (χ1) is 12.8. The van der Waals surface area contributed by atoms with E-state index in [-0.39, 0.29) is 5.91 Å². The molecule has 6 nitrogen and oxygen atoms in total. The topological polar surface area (TPSA) is 71.0 Å². The van der Waals surface area contributed by atoms with Crippen molar-refractivity contribution in [2.45, 2.75) is 25.7 Å². The van der Waals surface area contributed by atoms with Gasteiger partial charge >= 0.3 is 0 Å². The Morgan fingerprint density at radius 2 is 1.65 bits per heavy atom. The molecule has 2 aromatic heterocycles. The van der Waals surface area contributed by atoms with E-state index >= 15 is 0 Å². The Labute approximate surface area is 152 Å². The van der Waals surface area contributed by atoms with Crippen molar-refractivity contribution in [2.75, 3.05) is 18.4 Å². The zero-order valence-corrected chi connectivity index (χ0v) is 14.6.